The Morgan fingerprint density at radius 3 is 2.47 bits per heavy atom. The van der Waals surface area contributed by atoms with Gasteiger partial charge in [0.2, 0.25) is 5.91 Å². The highest BCUT2D eigenvalue weighted by molar-refractivity contribution is 6.00. The number of aldehydes is 1. The minimum atomic E-state index is -0.390. The standard InChI is InChI=1S/C11H13NO5/c1-6(14)12-10-7(5-13)8(15)4-9(16-2)11(10)17-3/h4-5,15H,1-3H3,(H,12,14). The maximum absolute atomic E-state index is 11.1. The van der Waals surface area contributed by atoms with Crippen LogP contribution in [0.25, 0.3) is 0 Å². The van der Waals surface area contributed by atoms with Crippen molar-refractivity contribution in [1.82, 2.24) is 0 Å². The first-order chi connectivity index (χ1) is 8.04. The number of anilines is 1. The van der Waals surface area contributed by atoms with Crippen molar-refractivity contribution in [2.75, 3.05) is 19.5 Å². The monoisotopic (exact) mass is 239 g/mol. The number of carbonyl (C=O) groups excluding carboxylic acids is 2. The molecule has 1 aromatic rings. The normalized spacial score (nSPS) is 9.59. The lowest BCUT2D eigenvalue weighted by Crippen LogP contribution is -2.10. The third-order valence-electron chi connectivity index (χ3n) is 2.11. The van der Waals surface area contributed by atoms with Crippen molar-refractivity contribution < 1.29 is 24.2 Å². The van der Waals surface area contributed by atoms with Gasteiger partial charge in [-0.2, -0.15) is 0 Å². The first kappa shape index (κ1) is 12.8. The third kappa shape index (κ3) is 2.47. The summed E-state index contributed by atoms with van der Waals surface area (Å²) >= 11 is 0. The SMILES string of the molecule is COc1cc(O)c(C=O)c(NC(C)=O)c1OC. The van der Waals surface area contributed by atoms with Crippen LogP contribution in [0.15, 0.2) is 6.07 Å². The van der Waals surface area contributed by atoms with E-state index in [0.29, 0.717) is 6.29 Å². The number of nitrogens with one attached hydrogen (secondary N) is 1. The van der Waals surface area contributed by atoms with Crippen LogP contribution < -0.4 is 14.8 Å². The van der Waals surface area contributed by atoms with Crippen LogP contribution in [-0.4, -0.2) is 31.5 Å². The molecule has 0 bridgehead atoms. The molecule has 0 aliphatic carbocycles. The van der Waals surface area contributed by atoms with Crippen LogP contribution in [0, 0.1) is 0 Å². The average molecular weight is 239 g/mol. The number of methoxy groups -OCH3 is 2. The fourth-order valence-electron chi connectivity index (χ4n) is 1.41. The Balaban J connectivity index is 3.51. The van der Waals surface area contributed by atoms with Gasteiger partial charge in [-0.05, 0) is 0 Å². The number of hydrogen-bond donors (Lipinski definition) is 2. The Bertz CT molecular complexity index is 456. The number of benzene rings is 1. The number of phenols is 1. The summed E-state index contributed by atoms with van der Waals surface area (Å²) in [5.74, 6) is -0.276. The highest BCUT2D eigenvalue weighted by atomic mass is 16.5. The van der Waals surface area contributed by atoms with Gasteiger partial charge in [-0.25, -0.2) is 0 Å². The molecular formula is C11H13NO5. The van der Waals surface area contributed by atoms with Crippen LogP contribution in [0.4, 0.5) is 5.69 Å². The Labute approximate surface area is 98.2 Å². The van der Waals surface area contributed by atoms with E-state index in [1.54, 1.807) is 0 Å². The van der Waals surface area contributed by atoms with Gasteiger partial charge in [-0.3, -0.25) is 9.59 Å². The van der Waals surface area contributed by atoms with Gasteiger partial charge in [0.05, 0.1) is 19.8 Å². The van der Waals surface area contributed by atoms with Crippen LogP contribution in [0.1, 0.15) is 17.3 Å². The zero-order valence-electron chi connectivity index (χ0n) is 9.73. The molecule has 17 heavy (non-hydrogen) atoms. The lowest BCUT2D eigenvalue weighted by Gasteiger charge is -2.15. The molecule has 1 amide bonds. The van der Waals surface area contributed by atoms with E-state index in [4.69, 9.17) is 9.47 Å². The lowest BCUT2D eigenvalue weighted by molar-refractivity contribution is -0.114. The molecule has 0 spiro atoms. The van der Waals surface area contributed by atoms with Gasteiger partial charge in [0.15, 0.2) is 17.8 Å². The zero-order valence-corrected chi connectivity index (χ0v) is 9.73. The second kappa shape index (κ2) is 5.20. The smallest absolute Gasteiger partial charge is 0.221 e. The molecule has 0 unspecified atom stereocenters. The van der Waals surface area contributed by atoms with Crippen molar-refractivity contribution in [2.24, 2.45) is 0 Å². The summed E-state index contributed by atoms with van der Waals surface area (Å²) in [6.07, 6.45) is 0.433. The van der Waals surface area contributed by atoms with E-state index in [1.807, 2.05) is 0 Å². The zero-order chi connectivity index (χ0) is 13.0. The van der Waals surface area contributed by atoms with E-state index in [9.17, 15) is 14.7 Å². The molecule has 6 heteroatoms. The molecule has 6 nitrogen and oxygen atoms in total. The van der Waals surface area contributed by atoms with Crippen molar-refractivity contribution in [3.05, 3.63) is 11.6 Å². The predicted octanol–water partition coefficient (Wildman–Crippen LogP) is 1.18. The maximum atomic E-state index is 11.1. The molecule has 0 radical (unpaired) electrons. The summed E-state index contributed by atoms with van der Waals surface area (Å²) in [7, 11) is 2.75. The van der Waals surface area contributed by atoms with Crippen molar-refractivity contribution >= 4 is 17.9 Å². The molecule has 0 fully saturated rings. The molecule has 0 saturated carbocycles. The van der Waals surface area contributed by atoms with E-state index >= 15 is 0 Å². The molecule has 1 rings (SSSR count). The van der Waals surface area contributed by atoms with Crippen molar-refractivity contribution in [1.29, 1.82) is 0 Å². The van der Waals surface area contributed by atoms with Gasteiger partial charge in [-0.15, -0.1) is 0 Å². The minimum Gasteiger partial charge on any atom is -0.507 e. The fraction of sp³-hybridized carbons (Fsp3) is 0.273. The summed E-state index contributed by atoms with van der Waals surface area (Å²) in [5.41, 5.74) is 0.0321. The van der Waals surface area contributed by atoms with E-state index < -0.39 is 0 Å². The molecule has 92 valence electrons. The molecule has 2 N–H and O–H groups in total. The Morgan fingerprint density at radius 1 is 1.41 bits per heavy atom. The third-order valence-corrected chi connectivity index (χ3v) is 2.11. The van der Waals surface area contributed by atoms with E-state index in [1.165, 1.54) is 27.2 Å². The molecular weight excluding hydrogens is 226 g/mol. The van der Waals surface area contributed by atoms with Crippen molar-refractivity contribution in [3.8, 4) is 17.2 Å². The van der Waals surface area contributed by atoms with Crippen LogP contribution >= 0.6 is 0 Å². The molecule has 0 saturated heterocycles. The summed E-state index contributed by atoms with van der Waals surface area (Å²) in [6, 6.07) is 1.24. The molecule has 0 atom stereocenters. The summed E-state index contributed by atoms with van der Waals surface area (Å²) in [5, 5.41) is 12.0. The minimum absolute atomic E-state index is 0.0575. The maximum Gasteiger partial charge on any atom is 0.221 e. The van der Waals surface area contributed by atoms with Crippen molar-refractivity contribution in [3.63, 3.8) is 0 Å². The van der Waals surface area contributed by atoms with Crippen LogP contribution in [0.3, 0.4) is 0 Å². The molecule has 0 aliphatic rings. The van der Waals surface area contributed by atoms with Gasteiger partial charge in [0.25, 0.3) is 0 Å². The Kier molecular flexibility index (Phi) is 3.92. The van der Waals surface area contributed by atoms with Crippen LogP contribution in [0.2, 0.25) is 0 Å². The summed E-state index contributed by atoms with van der Waals surface area (Å²) in [4.78, 5) is 21.9. The number of carbonyl (C=O) groups is 2. The molecule has 0 heterocycles. The van der Waals surface area contributed by atoms with Gasteiger partial charge in [0, 0.05) is 13.0 Å². The Hall–Kier alpha value is -2.24. The number of rotatable bonds is 4. The van der Waals surface area contributed by atoms with Gasteiger partial charge in [0.1, 0.15) is 11.4 Å². The predicted molar refractivity (Wildman–Crippen MR) is 60.9 cm³/mol. The fourth-order valence-corrected chi connectivity index (χ4v) is 1.41. The van der Waals surface area contributed by atoms with Crippen LogP contribution in [-0.2, 0) is 4.79 Å². The van der Waals surface area contributed by atoms with Crippen molar-refractivity contribution in [2.45, 2.75) is 6.92 Å². The number of hydrogen-bond acceptors (Lipinski definition) is 5. The molecule has 1 aromatic carbocycles. The number of ether oxygens (including phenoxy) is 2. The second-order valence-electron chi connectivity index (χ2n) is 3.22. The highest BCUT2D eigenvalue weighted by Crippen LogP contribution is 2.42. The van der Waals surface area contributed by atoms with E-state index in [-0.39, 0.29) is 34.4 Å². The van der Waals surface area contributed by atoms with E-state index in [2.05, 4.69) is 5.32 Å². The van der Waals surface area contributed by atoms with Gasteiger partial charge in [-0.1, -0.05) is 0 Å². The first-order valence-electron chi connectivity index (χ1n) is 4.75. The quantitative estimate of drug-likeness (QED) is 0.770. The number of aromatic hydroxyl groups is 1. The average Bonchev–Trinajstić information content (AvgIpc) is 2.28. The topological polar surface area (TPSA) is 84.9 Å². The molecule has 0 aliphatic heterocycles. The largest absolute Gasteiger partial charge is 0.507 e. The van der Waals surface area contributed by atoms with Gasteiger partial charge >= 0.3 is 0 Å². The Morgan fingerprint density at radius 2 is 2.06 bits per heavy atom. The first-order valence-corrected chi connectivity index (χ1v) is 4.75. The number of amides is 1. The van der Waals surface area contributed by atoms with Gasteiger partial charge < -0.3 is 19.9 Å². The lowest BCUT2D eigenvalue weighted by atomic mass is 10.1. The summed E-state index contributed by atoms with van der Waals surface area (Å²) < 4.78 is 10.0. The second-order valence-corrected chi connectivity index (χ2v) is 3.22. The van der Waals surface area contributed by atoms with E-state index in [0.717, 1.165) is 0 Å². The molecule has 0 aromatic heterocycles. The number of phenolic OH excluding ortho intramolecular Hbond substituents is 1. The highest BCUT2D eigenvalue weighted by Gasteiger charge is 2.19. The van der Waals surface area contributed by atoms with Crippen LogP contribution in [0.5, 0.6) is 17.2 Å². The summed E-state index contributed by atoms with van der Waals surface area (Å²) in [6.45, 7) is 1.28.